The number of hydrazone groups is 1. The number of carbonyl (C=O) groups excluding carboxylic acids is 1. The molecule has 0 atom stereocenters. The Balaban J connectivity index is 4.41. The van der Waals surface area contributed by atoms with Crippen molar-refractivity contribution in [3.63, 3.8) is 0 Å². The molecule has 14 heavy (non-hydrogen) atoms. The summed E-state index contributed by atoms with van der Waals surface area (Å²) in [6, 6.07) is 0. The van der Waals surface area contributed by atoms with Crippen molar-refractivity contribution in [2.24, 2.45) is 5.10 Å². The van der Waals surface area contributed by atoms with E-state index < -0.39 is 17.5 Å². The Bertz CT molecular complexity index is 240. The van der Waals surface area contributed by atoms with Crippen molar-refractivity contribution >= 4 is 12.0 Å². The monoisotopic (exact) mass is 210 g/mol. The minimum absolute atomic E-state index is 0.283. The van der Waals surface area contributed by atoms with E-state index in [1.165, 1.54) is 12.1 Å². The van der Waals surface area contributed by atoms with Crippen molar-refractivity contribution in [3.05, 3.63) is 0 Å². The molecule has 0 saturated carbocycles. The van der Waals surface area contributed by atoms with Crippen LogP contribution in [-0.4, -0.2) is 35.8 Å². The average molecular weight is 210 g/mol. The first-order valence-electron chi connectivity index (χ1n) is 3.94. The number of hydrogen-bond acceptors (Lipinski definition) is 3. The Labute approximate surface area is 80.6 Å². The molecule has 0 rings (SSSR count). The van der Waals surface area contributed by atoms with Gasteiger partial charge in [0.15, 0.2) is 0 Å². The predicted octanol–water partition coefficient (Wildman–Crippen LogP) is 1.83. The number of alkyl halides is 3. The topological polar surface area (TPSA) is 32.7 Å². The highest BCUT2D eigenvalue weighted by Gasteiger charge is 2.37. The largest absolute Gasteiger partial charge is 0.455 e. The van der Waals surface area contributed by atoms with Crippen molar-refractivity contribution in [2.45, 2.75) is 32.5 Å². The van der Waals surface area contributed by atoms with Crippen LogP contribution in [0.3, 0.4) is 0 Å². The fraction of sp³-hybridized carbons (Fsp3) is 0.750. The predicted molar refractivity (Wildman–Crippen MR) is 47.1 cm³/mol. The zero-order valence-electron chi connectivity index (χ0n) is 8.51. The van der Waals surface area contributed by atoms with Crippen molar-refractivity contribution in [3.8, 4) is 0 Å². The van der Waals surface area contributed by atoms with Gasteiger partial charge in [-0.05, 0) is 20.8 Å². The van der Waals surface area contributed by atoms with Gasteiger partial charge in [0.05, 0.1) is 6.21 Å². The van der Waals surface area contributed by atoms with Gasteiger partial charge in [0.1, 0.15) is 0 Å². The van der Waals surface area contributed by atoms with E-state index in [9.17, 15) is 18.0 Å². The molecule has 0 radical (unpaired) electrons. The summed E-state index contributed by atoms with van der Waals surface area (Å²) >= 11 is 0. The molecular formula is C8H13F3N2O. The molecule has 3 nitrogen and oxygen atoms in total. The Morgan fingerprint density at radius 1 is 1.29 bits per heavy atom. The highest BCUT2D eigenvalue weighted by atomic mass is 19.4. The van der Waals surface area contributed by atoms with Gasteiger partial charge in [0.25, 0.3) is 5.78 Å². The maximum absolute atomic E-state index is 11.7. The van der Waals surface area contributed by atoms with Gasteiger partial charge in [-0.25, -0.2) is 0 Å². The lowest BCUT2D eigenvalue weighted by Crippen LogP contribution is -2.35. The van der Waals surface area contributed by atoms with Gasteiger partial charge in [0, 0.05) is 12.6 Å². The molecule has 0 heterocycles. The molecule has 0 unspecified atom stereocenters. The quantitative estimate of drug-likeness (QED) is 0.514. The van der Waals surface area contributed by atoms with E-state index in [0.29, 0.717) is 0 Å². The summed E-state index contributed by atoms with van der Waals surface area (Å²) in [6.07, 6.45) is -4.56. The summed E-state index contributed by atoms with van der Waals surface area (Å²) in [6.45, 7) is 5.30. The highest BCUT2D eigenvalue weighted by molar-refractivity contribution is 6.29. The molecule has 0 amide bonds. The summed E-state index contributed by atoms with van der Waals surface area (Å²) in [4.78, 5) is 10.4. The van der Waals surface area contributed by atoms with Crippen LogP contribution < -0.4 is 0 Å². The number of halogens is 3. The van der Waals surface area contributed by atoms with Gasteiger partial charge >= 0.3 is 6.18 Å². The first-order valence-corrected chi connectivity index (χ1v) is 3.94. The summed E-state index contributed by atoms with van der Waals surface area (Å²) in [5.41, 5.74) is -0.414. The highest BCUT2D eigenvalue weighted by Crippen LogP contribution is 2.15. The third-order valence-corrected chi connectivity index (χ3v) is 1.60. The number of hydrogen-bond donors (Lipinski definition) is 0. The Hall–Kier alpha value is -1.07. The van der Waals surface area contributed by atoms with Crippen molar-refractivity contribution in [2.75, 3.05) is 7.05 Å². The molecule has 0 aromatic carbocycles. The molecule has 0 bridgehead atoms. The molecule has 0 aliphatic rings. The van der Waals surface area contributed by atoms with E-state index in [1.54, 1.807) is 20.8 Å². The Morgan fingerprint density at radius 3 is 2.00 bits per heavy atom. The molecule has 0 aliphatic heterocycles. The van der Waals surface area contributed by atoms with Crippen molar-refractivity contribution in [1.29, 1.82) is 0 Å². The van der Waals surface area contributed by atoms with Gasteiger partial charge < -0.3 is 0 Å². The summed E-state index contributed by atoms with van der Waals surface area (Å²) in [5.74, 6) is -1.95. The smallest absolute Gasteiger partial charge is 0.295 e. The third kappa shape index (κ3) is 4.25. The number of carbonyl (C=O) groups is 1. The third-order valence-electron chi connectivity index (χ3n) is 1.60. The maximum atomic E-state index is 11.7. The van der Waals surface area contributed by atoms with E-state index in [-0.39, 0.29) is 6.21 Å². The van der Waals surface area contributed by atoms with Crippen LogP contribution in [0.1, 0.15) is 20.8 Å². The SMILES string of the molecule is CN(/N=C\C(=O)C(F)(F)F)C(C)(C)C. The van der Waals surface area contributed by atoms with E-state index in [0.717, 1.165) is 0 Å². The van der Waals surface area contributed by atoms with Gasteiger partial charge in [-0.2, -0.15) is 18.3 Å². The Kier molecular flexibility index (Phi) is 3.67. The number of rotatable bonds is 2. The summed E-state index contributed by atoms with van der Waals surface area (Å²) in [5, 5.41) is 4.69. The minimum Gasteiger partial charge on any atom is -0.295 e. The van der Waals surface area contributed by atoms with Crippen LogP contribution in [0.5, 0.6) is 0 Å². The van der Waals surface area contributed by atoms with Crippen LogP contribution in [0, 0.1) is 0 Å². The van der Waals surface area contributed by atoms with Crippen molar-refractivity contribution < 1.29 is 18.0 Å². The second-order valence-electron chi connectivity index (χ2n) is 3.80. The second kappa shape index (κ2) is 3.98. The van der Waals surface area contributed by atoms with Crippen LogP contribution in [0.25, 0.3) is 0 Å². The fourth-order valence-electron chi connectivity index (χ4n) is 0.385. The van der Waals surface area contributed by atoms with Crippen LogP contribution >= 0.6 is 0 Å². The van der Waals surface area contributed by atoms with Crippen LogP contribution in [0.4, 0.5) is 13.2 Å². The van der Waals surface area contributed by atoms with Gasteiger partial charge in [-0.3, -0.25) is 9.80 Å². The van der Waals surface area contributed by atoms with Gasteiger partial charge in [-0.15, -0.1) is 0 Å². The van der Waals surface area contributed by atoms with Crippen LogP contribution in [0.2, 0.25) is 0 Å². The minimum atomic E-state index is -4.85. The first-order chi connectivity index (χ1) is 6.05. The lowest BCUT2D eigenvalue weighted by atomic mass is 10.1. The number of Topliss-reactive ketones (excluding diaryl/α,β-unsaturated/α-hetero) is 1. The second-order valence-corrected chi connectivity index (χ2v) is 3.80. The van der Waals surface area contributed by atoms with E-state index in [4.69, 9.17) is 0 Å². The fourth-order valence-corrected chi connectivity index (χ4v) is 0.385. The summed E-state index contributed by atoms with van der Waals surface area (Å²) < 4.78 is 35.2. The lowest BCUT2D eigenvalue weighted by Gasteiger charge is -2.28. The zero-order valence-corrected chi connectivity index (χ0v) is 8.51. The maximum Gasteiger partial charge on any atom is 0.455 e. The molecule has 6 heteroatoms. The van der Waals surface area contributed by atoms with E-state index >= 15 is 0 Å². The van der Waals surface area contributed by atoms with Gasteiger partial charge in [-0.1, -0.05) is 0 Å². The molecule has 0 N–H and O–H groups in total. The summed E-state index contributed by atoms with van der Waals surface area (Å²) in [7, 11) is 1.50. The standard InChI is InChI=1S/C8H13F3N2O/c1-7(2,3)13(4)12-5-6(14)8(9,10)11/h5H,1-4H3/b12-5-. The lowest BCUT2D eigenvalue weighted by molar-refractivity contribution is -0.162. The molecule has 0 spiro atoms. The molecule has 0 aliphatic carbocycles. The zero-order chi connectivity index (χ0) is 11.6. The average Bonchev–Trinajstić information content (AvgIpc) is 1.95. The molecule has 0 fully saturated rings. The van der Waals surface area contributed by atoms with Crippen molar-refractivity contribution in [1.82, 2.24) is 5.01 Å². The molecular weight excluding hydrogens is 197 g/mol. The molecule has 82 valence electrons. The van der Waals surface area contributed by atoms with Crippen LogP contribution in [0.15, 0.2) is 5.10 Å². The number of nitrogens with zero attached hydrogens (tertiary/aromatic N) is 2. The number of ketones is 1. The Morgan fingerprint density at radius 2 is 1.71 bits per heavy atom. The van der Waals surface area contributed by atoms with Gasteiger partial charge in [0.2, 0.25) is 0 Å². The molecule has 0 aromatic heterocycles. The molecule has 0 saturated heterocycles. The first kappa shape index (κ1) is 12.9. The molecule has 0 aromatic rings. The van der Waals surface area contributed by atoms with E-state index in [1.807, 2.05) is 0 Å². The normalized spacial score (nSPS) is 13.4. The van der Waals surface area contributed by atoms with Crippen LogP contribution in [-0.2, 0) is 4.79 Å². The van der Waals surface area contributed by atoms with E-state index in [2.05, 4.69) is 5.10 Å².